The van der Waals surface area contributed by atoms with Gasteiger partial charge in [0.15, 0.2) is 5.49 Å². The first-order chi connectivity index (χ1) is 6.68. The van der Waals surface area contributed by atoms with Gasteiger partial charge in [-0.15, -0.1) is 0 Å². The van der Waals surface area contributed by atoms with Crippen molar-refractivity contribution in [3.63, 3.8) is 0 Å². The van der Waals surface area contributed by atoms with Gasteiger partial charge in [0, 0.05) is 0 Å². The molecule has 0 saturated heterocycles. The van der Waals surface area contributed by atoms with Gasteiger partial charge in [0.05, 0.1) is 6.20 Å². The summed E-state index contributed by atoms with van der Waals surface area (Å²) in [6, 6.07) is -1.46. The zero-order valence-corrected chi connectivity index (χ0v) is 6.78. The first kappa shape index (κ1) is 8.42. The Labute approximate surface area is 76.9 Å². The van der Waals surface area contributed by atoms with Crippen LogP contribution in [0.15, 0.2) is 22.5 Å². The minimum atomic E-state index is -1.46. The van der Waals surface area contributed by atoms with Gasteiger partial charge in [-0.25, -0.2) is 14.8 Å². The summed E-state index contributed by atoms with van der Waals surface area (Å²) in [5.41, 5.74) is 0.113. The molecule has 14 heavy (non-hydrogen) atoms. The predicted molar refractivity (Wildman–Crippen MR) is 40.8 cm³/mol. The largest absolute Gasteiger partial charge is 0.479 e. The van der Waals surface area contributed by atoms with E-state index in [-0.39, 0.29) is 10.8 Å². The summed E-state index contributed by atoms with van der Waals surface area (Å²) in [7, 11) is 0. The molecule has 0 spiro atoms. The van der Waals surface area contributed by atoms with Crippen LogP contribution in [-0.4, -0.2) is 33.0 Å². The van der Waals surface area contributed by atoms with Crippen molar-refractivity contribution in [2.45, 2.75) is 6.04 Å². The van der Waals surface area contributed by atoms with Crippen LogP contribution in [0.4, 0.5) is 0 Å². The SMILES string of the molecule is O=C(O)C1N=c2cncnc2=NC1=O. The molecule has 1 aromatic heterocycles. The lowest BCUT2D eigenvalue weighted by Gasteiger charge is -2.04. The number of carboxylic acids is 1. The smallest absolute Gasteiger partial charge is 0.338 e. The number of carboxylic acid groups (broad SMARTS) is 1. The first-order valence-corrected chi connectivity index (χ1v) is 3.68. The molecule has 0 saturated carbocycles. The molecule has 1 N–H and O–H groups in total. The zero-order chi connectivity index (χ0) is 10.1. The van der Waals surface area contributed by atoms with Gasteiger partial charge in [0.25, 0.3) is 5.91 Å². The third kappa shape index (κ3) is 1.24. The maximum absolute atomic E-state index is 11.1. The maximum atomic E-state index is 11.1. The second-order valence-corrected chi connectivity index (χ2v) is 2.55. The lowest BCUT2D eigenvalue weighted by molar-refractivity contribution is -0.142. The summed E-state index contributed by atoms with van der Waals surface area (Å²) in [4.78, 5) is 36.1. The molecule has 7 heteroatoms. The van der Waals surface area contributed by atoms with Gasteiger partial charge < -0.3 is 5.11 Å². The van der Waals surface area contributed by atoms with E-state index in [1.165, 1.54) is 12.5 Å². The highest BCUT2D eigenvalue weighted by Gasteiger charge is 2.27. The van der Waals surface area contributed by atoms with Gasteiger partial charge in [-0.05, 0) is 0 Å². The Morgan fingerprint density at radius 3 is 3.00 bits per heavy atom. The summed E-state index contributed by atoms with van der Waals surface area (Å²) < 4.78 is 0. The van der Waals surface area contributed by atoms with E-state index in [1.807, 2.05) is 0 Å². The zero-order valence-electron chi connectivity index (χ0n) is 6.78. The van der Waals surface area contributed by atoms with Crippen molar-refractivity contribution in [3.05, 3.63) is 23.4 Å². The first-order valence-electron chi connectivity index (χ1n) is 3.68. The fourth-order valence-electron chi connectivity index (χ4n) is 1.01. The summed E-state index contributed by atoms with van der Waals surface area (Å²) in [5, 5.41) is 8.84. The second-order valence-electron chi connectivity index (χ2n) is 2.55. The number of aromatic nitrogens is 2. The van der Waals surface area contributed by atoms with Crippen molar-refractivity contribution in [1.29, 1.82) is 0 Å². The Kier molecular flexibility index (Phi) is 1.77. The number of aliphatic carboxylic acids is 1. The molecule has 7 nitrogen and oxygen atoms in total. The molecule has 2 heterocycles. The van der Waals surface area contributed by atoms with Crippen molar-refractivity contribution in [3.8, 4) is 0 Å². The normalized spacial score (nSPS) is 19.1. The molecular weight excluding hydrogens is 188 g/mol. The molecule has 0 bridgehead atoms. The molecule has 0 aromatic carbocycles. The Morgan fingerprint density at radius 1 is 1.50 bits per heavy atom. The topological polar surface area (TPSA) is 105 Å². The summed E-state index contributed by atoms with van der Waals surface area (Å²) in [6.45, 7) is 0. The number of carbonyl (C=O) groups is 2. The number of hydrogen-bond acceptors (Lipinski definition) is 5. The Balaban J connectivity index is 2.67. The van der Waals surface area contributed by atoms with Crippen LogP contribution in [0.2, 0.25) is 0 Å². The highest BCUT2D eigenvalue weighted by Crippen LogP contribution is 1.95. The fourth-order valence-corrected chi connectivity index (χ4v) is 1.01. The van der Waals surface area contributed by atoms with E-state index in [1.54, 1.807) is 0 Å². The van der Waals surface area contributed by atoms with Crippen LogP contribution in [0, 0.1) is 0 Å². The van der Waals surface area contributed by atoms with E-state index >= 15 is 0 Å². The molecule has 1 atom stereocenters. The highest BCUT2D eigenvalue weighted by atomic mass is 16.4. The molecule has 0 radical (unpaired) electrons. The number of amides is 1. The van der Waals surface area contributed by atoms with E-state index in [0.717, 1.165) is 0 Å². The fraction of sp³-hybridized carbons (Fsp3) is 0.143. The average molecular weight is 192 g/mol. The third-order valence-corrected chi connectivity index (χ3v) is 1.62. The van der Waals surface area contributed by atoms with E-state index in [9.17, 15) is 9.59 Å². The van der Waals surface area contributed by atoms with Gasteiger partial charge >= 0.3 is 5.97 Å². The Bertz CT molecular complexity index is 524. The lowest BCUT2D eigenvalue weighted by Crippen LogP contribution is -2.42. The van der Waals surface area contributed by atoms with Crippen LogP contribution >= 0.6 is 0 Å². The van der Waals surface area contributed by atoms with Gasteiger partial charge in [-0.2, -0.15) is 4.99 Å². The number of nitrogens with zero attached hydrogens (tertiary/aromatic N) is 4. The van der Waals surface area contributed by atoms with Crippen molar-refractivity contribution in [1.82, 2.24) is 9.97 Å². The number of rotatable bonds is 1. The van der Waals surface area contributed by atoms with Gasteiger partial charge in [-0.3, -0.25) is 9.79 Å². The van der Waals surface area contributed by atoms with Gasteiger partial charge in [0.2, 0.25) is 6.04 Å². The second kappa shape index (κ2) is 2.95. The predicted octanol–water partition coefficient (Wildman–Crippen LogP) is -2.29. The molecule has 1 aliphatic heterocycles. The molecule has 70 valence electrons. The quantitative estimate of drug-likeness (QED) is 0.504. The van der Waals surface area contributed by atoms with Crippen LogP contribution in [0.1, 0.15) is 0 Å². The van der Waals surface area contributed by atoms with Crippen LogP contribution in [0.3, 0.4) is 0 Å². The molecule has 0 fully saturated rings. The van der Waals surface area contributed by atoms with Crippen LogP contribution in [0.25, 0.3) is 0 Å². The molecular formula is C7H4N4O3. The van der Waals surface area contributed by atoms with Crippen molar-refractivity contribution in [2.24, 2.45) is 9.98 Å². The monoisotopic (exact) mass is 192 g/mol. The van der Waals surface area contributed by atoms with Gasteiger partial charge in [-0.1, -0.05) is 0 Å². The molecule has 1 amide bonds. The molecule has 2 rings (SSSR count). The Hall–Kier alpha value is -2.18. The summed E-state index contributed by atoms with van der Waals surface area (Å²) >= 11 is 0. The van der Waals surface area contributed by atoms with Crippen molar-refractivity contribution < 1.29 is 14.7 Å². The average Bonchev–Trinajstić information content (AvgIpc) is 2.16. The molecule has 1 unspecified atom stereocenters. The maximum Gasteiger partial charge on any atom is 0.338 e. The number of hydrogen-bond donors (Lipinski definition) is 1. The van der Waals surface area contributed by atoms with Crippen LogP contribution in [0.5, 0.6) is 0 Å². The third-order valence-electron chi connectivity index (χ3n) is 1.62. The molecule has 0 aliphatic carbocycles. The van der Waals surface area contributed by atoms with Crippen molar-refractivity contribution in [2.75, 3.05) is 0 Å². The number of fused-ring (bicyclic) bond motifs is 1. The van der Waals surface area contributed by atoms with Gasteiger partial charge in [0.1, 0.15) is 11.7 Å². The number of carbonyl (C=O) groups excluding carboxylic acids is 1. The summed E-state index contributed by atoms with van der Waals surface area (Å²) in [6.07, 6.45) is 2.53. The van der Waals surface area contributed by atoms with E-state index in [0.29, 0.717) is 0 Å². The minimum Gasteiger partial charge on any atom is -0.479 e. The van der Waals surface area contributed by atoms with Crippen LogP contribution < -0.4 is 10.8 Å². The van der Waals surface area contributed by atoms with E-state index < -0.39 is 17.9 Å². The standard InChI is InChI=1S/C7H4N4O3/c12-6-4(7(13)14)10-3-1-8-2-9-5(3)11-6/h1-2,4H,(H,13,14). The minimum absolute atomic E-state index is 0.113. The molecule has 1 aliphatic rings. The lowest BCUT2D eigenvalue weighted by atomic mass is 10.3. The molecule has 1 aromatic rings. The Morgan fingerprint density at radius 2 is 2.29 bits per heavy atom. The summed E-state index contributed by atoms with van der Waals surface area (Å²) in [5.74, 6) is -2.14. The van der Waals surface area contributed by atoms with E-state index in [4.69, 9.17) is 5.11 Å². The van der Waals surface area contributed by atoms with E-state index in [2.05, 4.69) is 20.0 Å². The highest BCUT2D eigenvalue weighted by molar-refractivity contribution is 6.02. The van der Waals surface area contributed by atoms with Crippen molar-refractivity contribution >= 4 is 11.9 Å². The van der Waals surface area contributed by atoms with Crippen LogP contribution in [-0.2, 0) is 9.59 Å².